The second-order valence-electron chi connectivity index (χ2n) is 5.03. The van der Waals surface area contributed by atoms with Crippen LogP contribution in [0.2, 0.25) is 0 Å². The molecule has 0 spiro atoms. The first-order chi connectivity index (χ1) is 10.7. The molecule has 1 heterocycles. The van der Waals surface area contributed by atoms with Crippen LogP contribution in [0.1, 0.15) is 5.56 Å². The number of hydrogen-bond donors (Lipinski definition) is 1. The molecule has 1 N–H and O–H groups in total. The summed E-state index contributed by atoms with van der Waals surface area (Å²) in [4.78, 5) is 6.40. The van der Waals surface area contributed by atoms with E-state index in [0.29, 0.717) is 11.8 Å². The Balaban J connectivity index is 1.82. The van der Waals surface area contributed by atoms with Crippen LogP contribution in [0.3, 0.4) is 0 Å². The van der Waals surface area contributed by atoms with Gasteiger partial charge in [-0.15, -0.1) is 5.10 Å². The van der Waals surface area contributed by atoms with Crippen molar-refractivity contribution in [3.8, 4) is 0 Å². The molecule has 0 fully saturated rings. The number of rotatable bonds is 4. The van der Waals surface area contributed by atoms with E-state index in [1.807, 2.05) is 66.5 Å². The minimum atomic E-state index is 0.545. The molecule has 0 aliphatic heterocycles. The molecule has 0 atom stereocenters. The molecule has 0 amide bonds. The van der Waals surface area contributed by atoms with E-state index in [1.54, 1.807) is 6.20 Å². The molecule has 0 saturated heterocycles. The normalized spacial score (nSPS) is 10.3. The first kappa shape index (κ1) is 14.0. The van der Waals surface area contributed by atoms with Gasteiger partial charge in [-0.2, -0.15) is 10.1 Å². The Hall–Kier alpha value is -2.95. The van der Waals surface area contributed by atoms with E-state index >= 15 is 0 Å². The van der Waals surface area contributed by atoms with Gasteiger partial charge in [-0.05, 0) is 31.2 Å². The summed E-state index contributed by atoms with van der Waals surface area (Å²) in [5.74, 6) is 1.21. The SMILES string of the molecule is Cc1ccc(Nc2cnnc(N(C)c3ccccc3)n2)cc1. The zero-order chi connectivity index (χ0) is 15.4. The molecule has 0 radical (unpaired) electrons. The third-order valence-corrected chi connectivity index (χ3v) is 3.32. The standard InChI is InChI=1S/C17H17N5/c1-13-8-10-14(11-9-13)19-16-12-18-21-17(20-16)22(2)15-6-4-3-5-7-15/h3-12H,1-2H3,(H,19,20,21). The van der Waals surface area contributed by atoms with E-state index < -0.39 is 0 Å². The summed E-state index contributed by atoms with van der Waals surface area (Å²) < 4.78 is 0. The maximum atomic E-state index is 4.51. The topological polar surface area (TPSA) is 53.9 Å². The average molecular weight is 291 g/mol. The number of nitrogens with zero attached hydrogens (tertiary/aromatic N) is 4. The molecule has 2 aromatic carbocycles. The van der Waals surface area contributed by atoms with Crippen LogP contribution in [0.25, 0.3) is 0 Å². The second-order valence-corrected chi connectivity index (χ2v) is 5.03. The van der Waals surface area contributed by atoms with Crippen molar-refractivity contribution in [2.75, 3.05) is 17.3 Å². The lowest BCUT2D eigenvalue weighted by Crippen LogP contribution is -2.14. The summed E-state index contributed by atoms with van der Waals surface area (Å²) in [6.07, 6.45) is 1.61. The quantitative estimate of drug-likeness (QED) is 0.794. The summed E-state index contributed by atoms with van der Waals surface area (Å²) in [6, 6.07) is 18.1. The first-order valence-electron chi connectivity index (χ1n) is 7.04. The van der Waals surface area contributed by atoms with Gasteiger partial charge in [0.25, 0.3) is 5.95 Å². The van der Waals surface area contributed by atoms with Gasteiger partial charge in [-0.25, -0.2) is 0 Å². The van der Waals surface area contributed by atoms with Gasteiger partial charge in [0.15, 0.2) is 5.82 Å². The predicted molar refractivity (Wildman–Crippen MR) is 88.8 cm³/mol. The Labute approximate surface area is 129 Å². The van der Waals surface area contributed by atoms with Crippen LogP contribution >= 0.6 is 0 Å². The highest BCUT2D eigenvalue weighted by atomic mass is 15.3. The van der Waals surface area contributed by atoms with Crippen LogP contribution in [-0.4, -0.2) is 22.2 Å². The highest BCUT2D eigenvalue weighted by Crippen LogP contribution is 2.21. The van der Waals surface area contributed by atoms with E-state index in [9.17, 15) is 0 Å². The fraction of sp³-hybridized carbons (Fsp3) is 0.118. The highest BCUT2D eigenvalue weighted by Gasteiger charge is 2.08. The number of aromatic nitrogens is 3. The number of aryl methyl sites for hydroxylation is 1. The molecule has 3 rings (SSSR count). The van der Waals surface area contributed by atoms with Crippen LogP contribution in [0.4, 0.5) is 23.1 Å². The summed E-state index contributed by atoms with van der Waals surface area (Å²) in [5, 5.41) is 11.4. The lowest BCUT2D eigenvalue weighted by Gasteiger charge is -2.17. The van der Waals surface area contributed by atoms with Crippen molar-refractivity contribution in [2.45, 2.75) is 6.92 Å². The molecule has 1 aromatic heterocycles. The molecule has 5 nitrogen and oxygen atoms in total. The van der Waals surface area contributed by atoms with Crippen LogP contribution in [0.5, 0.6) is 0 Å². The maximum Gasteiger partial charge on any atom is 0.251 e. The predicted octanol–water partition coefficient (Wildman–Crippen LogP) is 3.69. The molecule has 5 heteroatoms. The summed E-state index contributed by atoms with van der Waals surface area (Å²) >= 11 is 0. The van der Waals surface area contributed by atoms with Gasteiger partial charge in [-0.3, -0.25) is 0 Å². The number of anilines is 4. The average Bonchev–Trinajstić information content (AvgIpc) is 2.57. The summed E-state index contributed by atoms with van der Waals surface area (Å²) in [5.41, 5.74) is 3.20. The van der Waals surface area contributed by atoms with Crippen molar-refractivity contribution < 1.29 is 0 Å². The molecule has 110 valence electrons. The highest BCUT2D eigenvalue weighted by molar-refractivity contribution is 5.60. The molecule has 22 heavy (non-hydrogen) atoms. The number of para-hydroxylation sites is 1. The number of nitrogens with one attached hydrogen (secondary N) is 1. The van der Waals surface area contributed by atoms with Crippen molar-refractivity contribution >= 4 is 23.1 Å². The Bertz CT molecular complexity index is 741. The van der Waals surface area contributed by atoms with Crippen molar-refractivity contribution in [3.05, 3.63) is 66.4 Å². The minimum absolute atomic E-state index is 0.545. The summed E-state index contributed by atoms with van der Waals surface area (Å²) in [6.45, 7) is 2.06. The third kappa shape index (κ3) is 3.20. The van der Waals surface area contributed by atoms with Crippen molar-refractivity contribution in [1.29, 1.82) is 0 Å². The van der Waals surface area contributed by atoms with Gasteiger partial charge >= 0.3 is 0 Å². The lowest BCUT2D eigenvalue weighted by atomic mass is 10.2. The second kappa shape index (κ2) is 6.22. The monoisotopic (exact) mass is 291 g/mol. The molecule has 3 aromatic rings. The van der Waals surface area contributed by atoms with E-state index in [4.69, 9.17) is 0 Å². The smallest absolute Gasteiger partial charge is 0.251 e. The molecule has 0 aliphatic carbocycles. The molecule has 0 saturated carbocycles. The van der Waals surface area contributed by atoms with E-state index in [-0.39, 0.29) is 0 Å². The van der Waals surface area contributed by atoms with E-state index in [2.05, 4.69) is 27.4 Å². The lowest BCUT2D eigenvalue weighted by molar-refractivity contribution is 0.932. The molecule has 0 aliphatic rings. The third-order valence-electron chi connectivity index (χ3n) is 3.32. The molecular formula is C17H17N5. The van der Waals surface area contributed by atoms with Crippen LogP contribution in [0, 0.1) is 6.92 Å². The Morgan fingerprint density at radius 2 is 1.68 bits per heavy atom. The zero-order valence-electron chi connectivity index (χ0n) is 12.6. The molecular weight excluding hydrogens is 274 g/mol. The maximum absolute atomic E-state index is 4.51. The fourth-order valence-corrected chi connectivity index (χ4v) is 2.05. The number of benzene rings is 2. The van der Waals surface area contributed by atoms with Crippen molar-refractivity contribution in [3.63, 3.8) is 0 Å². The largest absolute Gasteiger partial charge is 0.339 e. The van der Waals surface area contributed by atoms with Crippen molar-refractivity contribution in [2.24, 2.45) is 0 Å². The first-order valence-corrected chi connectivity index (χ1v) is 7.04. The van der Waals surface area contributed by atoms with Crippen LogP contribution in [0.15, 0.2) is 60.8 Å². The van der Waals surface area contributed by atoms with Gasteiger partial charge in [0.1, 0.15) is 0 Å². The van der Waals surface area contributed by atoms with Gasteiger partial charge in [0.05, 0.1) is 6.20 Å². The van der Waals surface area contributed by atoms with Crippen LogP contribution < -0.4 is 10.2 Å². The van der Waals surface area contributed by atoms with E-state index in [0.717, 1.165) is 11.4 Å². The van der Waals surface area contributed by atoms with Gasteiger partial charge < -0.3 is 10.2 Å². The Kier molecular flexibility index (Phi) is 3.96. The van der Waals surface area contributed by atoms with E-state index in [1.165, 1.54) is 5.56 Å². The molecule has 0 unspecified atom stereocenters. The van der Waals surface area contributed by atoms with Crippen LogP contribution in [-0.2, 0) is 0 Å². The Morgan fingerprint density at radius 1 is 0.955 bits per heavy atom. The zero-order valence-corrected chi connectivity index (χ0v) is 12.6. The van der Waals surface area contributed by atoms with Crippen molar-refractivity contribution in [1.82, 2.24) is 15.2 Å². The minimum Gasteiger partial charge on any atom is -0.339 e. The Morgan fingerprint density at radius 3 is 2.41 bits per heavy atom. The van der Waals surface area contributed by atoms with Gasteiger partial charge in [0.2, 0.25) is 0 Å². The van der Waals surface area contributed by atoms with Gasteiger partial charge in [0, 0.05) is 18.4 Å². The van der Waals surface area contributed by atoms with Gasteiger partial charge in [-0.1, -0.05) is 35.9 Å². The fourth-order valence-electron chi connectivity index (χ4n) is 2.05. The summed E-state index contributed by atoms with van der Waals surface area (Å²) in [7, 11) is 1.92. The molecule has 0 bridgehead atoms. The number of hydrogen-bond acceptors (Lipinski definition) is 5.